The lowest BCUT2D eigenvalue weighted by Crippen LogP contribution is -2.61. The molecule has 4 saturated carbocycles. The van der Waals surface area contributed by atoms with Crippen molar-refractivity contribution in [3.8, 4) is 0 Å². The summed E-state index contributed by atoms with van der Waals surface area (Å²) in [6.45, 7) is 20.8. The first-order valence-electron chi connectivity index (χ1n) is 18.2. The highest BCUT2D eigenvalue weighted by Crippen LogP contribution is 2.89. The zero-order chi connectivity index (χ0) is 34.3. The number of rotatable bonds is 6. The van der Waals surface area contributed by atoms with Crippen molar-refractivity contribution >= 4 is 0 Å². The molecule has 1 saturated heterocycles. The average molecular weight is 661 g/mol. The first-order chi connectivity index (χ1) is 21.8. The minimum absolute atomic E-state index is 0.0612. The molecule has 9 heteroatoms. The monoisotopic (exact) mass is 660 g/mol. The number of hydrogen-bond acceptors (Lipinski definition) is 9. The molecule has 7 aliphatic rings. The van der Waals surface area contributed by atoms with E-state index < -0.39 is 48.5 Å². The maximum Gasteiger partial charge on any atom is 0.186 e. The van der Waals surface area contributed by atoms with Gasteiger partial charge in [-0.25, -0.2) is 0 Å². The Labute approximate surface area is 280 Å². The number of allylic oxidation sites excluding steroid dienone is 2. The van der Waals surface area contributed by atoms with E-state index in [1.54, 1.807) is 20.8 Å². The molecule has 5 N–H and O–H groups in total. The topological polar surface area (TPSA) is 138 Å². The highest BCUT2D eigenvalue weighted by molar-refractivity contribution is 5.43. The second kappa shape index (κ2) is 10.7. The molecule has 5 aliphatic carbocycles. The van der Waals surface area contributed by atoms with Crippen molar-refractivity contribution < 1.29 is 44.5 Å². The normalized spacial score (nSPS) is 52.2. The molecule has 15 atom stereocenters. The Bertz CT molecular complexity index is 1320. The molecule has 2 spiro atoms. The maximum atomic E-state index is 12.5. The van der Waals surface area contributed by atoms with Crippen LogP contribution in [-0.2, 0) is 18.9 Å². The Morgan fingerprint density at radius 3 is 2.28 bits per heavy atom. The first kappa shape index (κ1) is 34.3. The van der Waals surface area contributed by atoms with Crippen LogP contribution in [0.3, 0.4) is 0 Å². The number of ether oxygens (including phenoxy) is 4. The van der Waals surface area contributed by atoms with Crippen LogP contribution in [0, 0.1) is 44.8 Å². The van der Waals surface area contributed by atoms with Crippen LogP contribution in [0.4, 0.5) is 0 Å². The van der Waals surface area contributed by atoms with Gasteiger partial charge in [-0.15, -0.1) is 0 Å². The largest absolute Gasteiger partial charge is 0.489 e. The Hall–Kier alpha value is -1.20. The third-order valence-corrected chi connectivity index (χ3v) is 15.3. The van der Waals surface area contributed by atoms with E-state index >= 15 is 0 Å². The van der Waals surface area contributed by atoms with Crippen molar-refractivity contribution in [1.82, 2.24) is 0 Å². The summed E-state index contributed by atoms with van der Waals surface area (Å²) in [7, 11) is 0. The second-order valence-corrected chi connectivity index (χ2v) is 18.4. The Morgan fingerprint density at radius 2 is 1.62 bits per heavy atom. The Balaban J connectivity index is 1.15. The van der Waals surface area contributed by atoms with Gasteiger partial charge in [-0.05, 0) is 112 Å². The van der Waals surface area contributed by atoms with Crippen LogP contribution in [0.2, 0.25) is 0 Å². The van der Waals surface area contributed by atoms with Gasteiger partial charge in [-0.2, -0.15) is 0 Å². The number of aliphatic hydroxyl groups excluding tert-OH is 4. The summed E-state index contributed by atoms with van der Waals surface area (Å²) in [4.78, 5) is 0. The van der Waals surface area contributed by atoms with Crippen LogP contribution >= 0.6 is 0 Å². The van der Waals surface area contributed by atoms with Gasteiger partial charge < -0.3 is 44.5 Å². The van der Waals surface area contributed by atoms with E-state index in [1.165, 1.54) is 12.0 Å². The molecule has 7 rings (SSSR count). The van der Waals surface area contributed by atoms with Crippen LogP contribution in [0.5, 0.6) is 0 Å². The standard InChI is InChI=1S/C38H60O9/c1-19(2)45-31(34(6,7)43)22-16-20(3)26-29(46-22)30(42)36(9)24-11-10-23-33(4,5)25(47-32-28(41)27(40)21(39)17-44-32)12-13-37(23)18-38(24,37)15-14-35(26,36)8/h20-25,27-28,30-32,39-43H,1,10-18H2,2-9H3/t20?,21-,22-,23+,24+,25+,27+,28-,30+,31+,32+,35-,36-,37-,38+/m1/s1. The fraction of sp³-hybridized carbons (Fsp3) is 0.895. The van der Waals surface area contributed by atoms with Crippen LogP contribution in [0.15, 0.2) is 23.7 Å². The van der Waals surface area contributed by atoms with Crippen molar-refractivity contribution in [3.63, 3.8) is 0 Å². The second-order valence-electron chi connectivity index (χ2n) is 18.4. The SMILES string of the molecule is C=C(C)O[C@@H]([C@H]1CC(C)C2=C(O1)[C@H](O)[C@@]1(C)[C@@H]3CC[C@H]4C(C)(C)[C@@H](O[C@@H]5OC[C@@H](O)[C@H](O)[C@H]5O)CC[C@@]45C[C@@]35CC[C@]21C)C(C)(C)O. The molecule has 266 valence electrons. The number of fused-ring (bicyclic) bond motifs is 3. The molecule has 2 heterocycles. The molecule has 0 aromatic carbocycles. The molecule has 47 heavy (non-hydrogen) atoms. The van der Waals surface area contributed by atoms with E-state index in [4.69, 9.17) is 18.9 Å². The van der Waals surface area contributed by atoms with Crippen LogP contribution < -0.4 is 0 Å². The zero-order valence-electron chi connectivity index (χ0n) is 29.8. The van der Waals surface area contributed by atoms with Crippen molar-refractivity contribution in [2.75, 3.05) is 6.61 Å². The quantitative estimate of drug-likeness (QED) is 0.205. The third kappa shape index (κ3) is 4.45. The van der Waals surface area contributed by atoms with Gasteiger partial charge in [-0.3, -0.25) is 0 Å². The summed E-state index contributed by atoms with van der Waals surface area (Å²) >= 11 is 0. The smallest absolute Gasteiger partial charge is 0.186 e. The zero-order valence-corrected chi connectivity index (χ0v) is 29.8. The van der Waals surface area contributed by atoms with E-state index in [0.717, 1.165) is 44.3 Å². The predicted molar refractivity (Wildman–Crippen MR) is 174 cm³/mol. The summed E-state index contributed by atoms with van der Waals surface area (Å²) in [5.41, 5.74) is -0.267. The molecule has 0 bridgehead atoms. The molecule has 0 radical (unpaired) electrons. The number of aliphatic hydroxyl groups is 5. The molecular weight excluding hydrogens is 600 g/mol. The van der Waals surface area contributed by atoms with Gasteiger partial charge in [0, 0.05) is 10.8 Å². The van der Waals surface area contributed by atoms with Crippen molar-refractivity contribution in [1.29, 1.82) is 0 Å². The Morgan fingerprint density at radius 1 is 0.957 bits per heavy atom. The Kier molecular flexibility index (Phi) is 7.77. The van der Waals surface area contributed by atoms with Gasteiger partial charge in [0.05, 0.1) is 24.1 Å². The summed E-state index contributed by atoms with van der Waals surface area (Å²) < 4.78 is 25.0. The molecule has 9 nitrogen and oxygen atoms in total. The molecule has 1 unspecified atom stereocenters. The van der Waals surface area contributed by atoms with Gasteiger partial charge in [0.25, 0.3) is 0 Å². The highest BCUT2D eigenvalue weighted by atomic mass is 16.7. The molecule has 5 fully saturated rings. The highest BCUT2D eigenvalue weighted by Gasteiger charge is 2.83. The molecule has 2 aliphatic heterocycles. The van der Waals surface area contributed by atoms with Gasteiger partial charge in [0.15, 0.2) is 12.4 Å². The van der Waals surface area contributed by atoms with Gasteiger partial charge in [0.1, 0.15) is 36.3 Å². The van der Waals surface area contributed by atoms with Gasteiger partial charge in [-0.1, -0.05) is 41.2 Å². The van der Waals surface area contributed by atoms with Gasteiger partial charge >= 0.3 is 0 Å². The lowest BCUT2D eigenvalue weighted by atomic mass is 9.41. The molecule has 0 aromatic rings. The van der Waals surface area contributed by atoms with E-state index in [0.29, 0.717) is 24.0 Å². The fourth-order valence-corrected chi connectivity index (χ4v) is 13.0. The molecule has 0 aromatic heterocycles. The maximum absolute atomic E-state index is 12.5. The van der Waals surface area contributed by atoms with Gasteiger partial charge in [0.2, 0.25) is 0 Å². The van der Waals surface area contributed by atoms with Crippen LogP contribution in [0.1, 0.15) is 107 Å². The minimum atomic E-state index is -1.29. The number of hydrogen-bond donors (Lipinski definition) is 5. The van der Waals surface area contributed by atoms with Crippen LogP contribution in [0.25, 0.3) is 0 Å². The van der Waals surface area contributed by atoms with Crippen LogP contribution in [-0.4, -0.2) is 86.8 Å². The lowest BCUT2D eigenvalue weighted by Gasteiger charge is -2.63. The summed E-state index contributed by atoms with van der Waals surface area (Å²) in [5.74, 6) is 2.23. The van der Waals surface area contributed by atoms with E-state index in [1.807, 2.05) is 0 Å². The third-order valence-electron chi connectivity index (χ3n) is 15.3. The predicted octanol–water partition coefficient (Wildman–Crippen LogP) is 4.58. The van der Waals surface area contributed by atoms with Crippen molar-refractivity contribution in [2.24, 2.45) is 44.8 Å². The van der Waals surface area contributed by atoms with Crippen molar-refractivity contribution in [3.05, 3.63) is 23.7 Å². The summed E-state index contributed by atoms with van der Waals surface area (Å²) in [6.07, 6.45) is 1.48. The van der Waals surface area contributed by atoms with Crippen molar-refractivity contribution in [2.45, 2.75) is 161 Å². The van der Waals surface area contributed by atoms with E-state index in [2.05, 4.69) is 41.2 Å². The summed E-state index contributed by atoms with van der Waals surface area (Å²) in [6, 6.07) is 0. The molecular formula is C38H60O9. The fourth-order valence-electron chi connectivity index (χ4n) is 13.0. The average Bonchev–Trinajstić information content (AvgIpc) is 3.61. The summed E-state index contributed by atoms with van der Waals surface area (Å²) in [5, 5.41) is 54.4. The first-order valence-corrected chi connectivity index (χ1v) is 18.2. The lowest BCUT2D eigenvalue weighted by molar-refractivity contribution is -0.303. The van der Waals surface area contributed by atoms with E-state index in [-0.39, 0.29) is 45.7 Å². The van der Waals surface area contributed by atoms with E-state index in [9.17, 15) is 25.5 Å². The molecule has 0 amide bonds. The minimum Gasteiger partial charge on any atom is -0.489 e.